The molecule has 1 heterocycles. The van der Waals surface area contributed by atoms with Crippen LogP contribution in [0, 0.1) is 6.33 Å². The van der Waals surface area contributed by atoms with Crippen LogP contribution in [0.5, 0.6) is 0 Å². The van der Waals surface area contributed by atoms with E-state index in [1.54, 1.807) is 0 Å². The van der Waals surface area contributed by atoms with Gasteiger partial charge >= 0.3 is 0 Å². The molecular weight excluding hydrogens is 126 g/mol. The van der Waals surface area contributed by atoms with Gasteiger partial charge in [-0.3, -0.25) is 0 Å². The van der Waals surface area contributed by atoms with Crippen LogP contribution in [-0.4, -0.2) is 9.97 Å². The molecule has 3 N–H and O–H groups in total. The Labute approximate surface area is 57.9 Å². The van der Waals surface area contributed by atoms with Gasteiger partial charge in [-0.15, -0.1) is 0 Å². The Kier molecular flexibility index (Phi) is 0.917. The maximum Gasteiger partial charge on any atom is 0.174 e. The Morgan fingerprint density at radius 3 is 3.30 bits per heavy atom. The molecule has 0 saturated heterocycles. The van der Waals surface area contributed by atoms with Crippen molar-refractivity contribution in [2.24, 2.45) is 0 Å². The lowest BCUT2D eigenvalue weighted by molar-refractivity contribution is 1.32. The second-order valence-corrected chi connectivity index (χ2v) is 2.13. The fourth-order valence-electron chi connectivity index (χ4n) is 0.895. The fourth-order valence-corrected chi connectivity index (χ4v) is 0.895. The minimum Gasteiger partial charge on any atom is -0.399 e. The van der Waals surface area contributed by atoms with Gasteiger partial charge in [-0.25, -0.2) is 4.98 Å². The summed E-state index contributed by atoms with van der Waals surface area (Å²) in [5, 5.41) is 0. The second-order valence-electron chi connectivity index (χ2n) is 2.13. The number of imidazole rings is 1. The molecule has 0 aliphatic rings. The fraction of sp³-hybridized carbons (Fsp3) is 0. The van der Waals surface area contributed by atoms with Gasteiger partial charge in [0, 0.05) is 5.69 Å². The van der Waals surface area contributed by atoms with Crippen LogP contribution in [0.1, 0.15) is 0 Å². The third kappa shape index (κ3) is 0.639. The average molecular weight is 132 g/mol. The van der Waals surface area contributed by atoms with Crippen molar-refractivity contribution in [3.05, 3.63) is 24.5 Å². The number of nitrogens with two attached hydrogens (primary N) is 1. The standard InChI is InChI=1S/C7H6N3/c8-5-1-2-6-7(3-5)10-4-9-6/h1-3H,8H2,(H,9,10). The first-order valence-corrected chi connectivity index (χ1v) is 2.97. The van der Waals surface area contributed by atoms with E-state index in [0.29, 0.717) is 0 Å². The predicted octanol–water partition coefficient (Wildman–Crippen LogP) is 0.945. The summed E-state index contributed by atoms with van der Waals surface area (Å²) in [4.78, 5) is 6.77. The van der Waals surface area contributed by atoms with Crippen molar-refractivity contribution in [3.8, 4) is 0 Å². The zero-order valence-electron chi connectivity index (χ0n) is 5.26. The Balaban J connectivity index is 2.86. The van der Waals surface area contributed by atoms with Crippen LogP contribution in [-0.2, 0) is 0 Å². The van der Waals surface area contributed by atoms with E-state index in [9.17, 15) is 0 Å². The van der Waals surface area contributed by atoms with Gasteiger partial charge < -0.3 is 10.7 Å². The Hall–Kier alpha value is -1.51. The number of benzene rings is 1. The number of H-pyrrole nitrogens is 1. The molecule has 49 valence electrons. The Morgan fingerprint density at radius 1 is 1.50 bits per heavy atom. The van der Waals surface area contributed by atoms with Crippen LogP contribution < -0.4 is 5.73 Å². The molecule has 3 nitrogen and oxygen atoms in total. The van der Waals surface area contributed by atoms with Gasteiger partial charge in [0.15, 0.2) is 6.33 Å². The van der Waals surface area contributed by atoms with Crippen LogP contribution >= 0.6 is 0 Å². The summed E-state index contributed by atoms with van der Waals surface area (Å²) in [7, 11) is 0. The molecule has 1 aromatic carbocycles. The first-order valence-electron chi connectivity index (χ1n) is 2.97. The van der Waals surface area contributed by atoms with Crippen molar-refractivity contribution in [2.45, 2.75) is 0 Å². The molecule has 1 aromatic heterocycles. The summed E-state index contributed by atoms with van der Waals surface area (Å²) >= 11 is 0. The summed E-state index contributed by atoms with van der Waals surface area (Å²) in [5.74, 6) is 0. The number of hydrogen-bond donors (Lipinski definition) is 2. The summed E-state index contributed by atoms with van der Waals surface area (Å²) in [6.45, 7) is 0. The summed E-state index contributed by atoms with van der Waals surface area (Å²) in [6.07, 6.45) is 2.63. The van der Waals surface area contributed by atoms with Gasteiger partial charge in [0.25, 0.3) is 0 Å². The number of fused-ring (bicyclic) bond motifs is 1. The van der Waals surface area contributed by atoms with Crippen LogP contribution in [0.4, 0.5) is 5.69 Å². The van der Waals surface area contributed by atoms with Crippen molar-refractivity contribution in [1.29, 1.82) is 0 Å². The molecule has 2 rings (SSSR count). The quantitative estimate of drug-likeness (QED) is 0.524. The van der Waals surface area contributed by atoms with E-state index < -0.39 is 0 Å². The molecular formula is C7H6N3. The Morgan fingerprint density at radius 2 is 2.40 bits per heavy atom. The van der Waals surface area contributed by atoms with Crippen molar-refractivity contribution in [3.63, 3.8) is 0 Å². The molecule has 2 aromatic rings. The van der Waals surface area contributed by atoms with E-state index in [0.717, 1.165) is 16.7 Å². The smallest absolute Gasteiger partial charge is 0.174 e. The highest BCUT2D eigenvalue weighted by molar-refractivity contribution is 5.77. The molecule has 0 atom stereocenters. The molecule has 0 aliphatic carbocycles. The van der Waals surface area contributed by atoms with Crippen LogP contribution in [0.2, 0.25) is 0 Å². The van der Waals surface area contributed by atoms with Crippen molar-refractivity contribution < 1.29 is 0 Å². The summed E-state index contributed by atoms with van der Waals surface area (Å²) in [5.41, 5.74) is 8.07. The summed E-state index contributed by atoms with van der Waals surface area (Å²) in [6, 6.07) is 5.52. The molecule has 3 heteroatoms. The maximum atomic E-state index is 5.52. The highest BCUT2D eigenvalue weighted by atomic mass is 14.9. The molecule has 10 heavy (non-hydrogen) atoms. The van der Waals surface area contributed by atoms with Gasteiger partial charge in [0.2, 0.25) is 0 Å². The number of hydrogen-bond acceptors (Lipinski definition) is 2. The number of aromatic nitrogens is 2. The first kappa shape index (κ1) is 5.29. The number of nitrogen functional groups attached to an aromatic ring is 1. The van der Waals surface area contributed by atoms with Crippen LogP contribution in [0.15, 0.2) is 18.2 Å². The average Bonchev–Trinajstić information content (AvgIpc) is 2.33. The molecule has 0 amide bonds. The topological polar surface area (TPSA) is 54.7 Å². The summed E-state index contributed by atoms with van der Waals surface area (Å²) < 4.78 is 0. The zero-order chi connectivity index (χ0) is 6.97. The van der Waals surface area contributed by atoms with E-state index in [4.69, 9.17) is 5.73 Å². The normalized spacial score (nSPS) is 10.4. The number of nitrogens with zero attached hydrogens (tertiary/aromatic N) is 1. The predicted molar refractivity (Wildman–Crippen MR) is 39.3 cm³/mol. The minimum atomic E-state index is 0.730. The lowest BCUT2D eigenvalue weighted by Crippen LogP contribution is -1.82. The van der Waals surface area contributed by atoms with E-state index in [2.05, 4.69) is 16.3 Å². The van der Waals surface area contributed by atoms with Crippen molar-refractivity contribution >= 4 is 16.7 Å². The van der Waals surface area contributed by atoms with E-state index in [1.807, 2.05) is 18.2 Å². The van der Waals surface area contributed by atoms with Gasteiger partial charge in [-0.1, -0.05) is 0 Å². The highest BCUT2D eigenvalue weighted by Crippen LogP contribution is 2.11. The van der Waals surface area contributed by atoms with Crippen molar-refractivity contribution in [2.75, 3.05) is 5.73 Å². The van der Waals surface area contributed by atoms with E-state index in [1.165, 1.54) is 0 Å². The molecule has 0 bridgehead atoms. The van der Waals surface area contributed by atoms with Gasteiger partial charge in [-0.05, 0) is 18.2 Å². The second kappa shape index (κ2) is 1.73. The van der Waals surface area contributed by atoms with Gasteiger partial charge in [0.1, 0.15) is 0 Å². The zero-order valence-corrected chi connectivity index (χ0v) is 5.26. The Bertz CT molecular complexity index is 350. The number of nitrogens with one attached hydrogen (secondary N) is 1. The third-order valence-corrected chi connectivity index (χ3v) is 1.39. The number of anilines is 1. The largest absolute Gasteiger partial charge is 0.399 e. The van der Waals surface area contributed by atoms with Crippen LogP contribution in [0.3, 0.4) is 0 Å². The van der Waals surface area contributed by atoms with E-state index >= 15 is 0 Å². The third-order valence-electron chi connectivity index (χ3n) is 1.39. The molecule has 0 unspecified atom stereocenters. The number of rotatable bonds is 0. The molecule has 0 aliphatic heterocycles. The van der Waals surface area contributed by atoms with Gasteiger partial charge in [0.05, 0.1) is 11.0 Å². The molecule has 0 spiro atoms. The molecule has 0 saturated carbocycles. The number of aromatic amines is 1. The SMILES string of the molecule is Nc1ccc2[nH][c]nc2c1. The molecule has 1 radical (unpaired) electrons. The maximum absolute atomic E-state index is 5.52. The van der Waals surface area contributed by atoms with E-state index in [-0.39, 0.29) is 0 Å². The van der Waals surface area contributed by atoms with Crippen LogP contribution in [0.25, 0.3) is 11.0 Å². The minimum absolute atomic E-state index is 0.730. The lowest BCUT2D eigenvalue weighted by Gasteiger charge is -1.89. The van der Waals surface area contributed by atoms with Crippen molar-refractivity contribution in [1.82, 2.24) is 9.97 Å². The highest BCUT2D eigenvalue weighted by Gasteiger charge is 1.93. The lowest BCUT2D eigenvalue weighted by atomic mass is 10.3. The monoisotopic (exact) mass is 132 g/mol. The van der Waals surface area contributed by atoms with Gasteiger partial charge in [-0.2, -0.15) is 0 Å². The first-order chi connectivity index (χ1) is 4.86. The molecule has 0 fully saturated rings.